The minimum atomic E-state index is -0.462. The molecule has 0 radical (unpaired) electrons. The number of nitrogens with zero attached hydrogens (tertiary/aromatic N) is 4. The minimum Gasteiger partial charge on any atom is -0.340 e. The molecule has 1 fully saturated rings. The second-order valence-corrected chi connectivity index (χ2v) is 4.92. The SMILES string of the molecule is CC(=O)N1CCN(C(C#N)c2ccc([N+](=O)[O-])cc2)CC1. The molecule has 1 aromatic carbocycles. The van der Waals surface area contributed by atoms with Crippen molar-refractivity contribution in [3.8, 4) is 6.07 Å². The van der Waals surface area contributed by atoms with Crippen LogP contribution in [0.3, 0.4) is 0 Å². The minimum absolute atomic E-state index is 0.0110. The van der Waals surface area contributed by atoms with E-state index in [0.717, 1.165) is 5.56 Å². The highest BCUT2D eigenvalue weighted by molar-refractivity contribution is 5.73. The van der Waals surface area contributed by atoms with Gasteiger partial charge in [0.15, 0.2) is 0 Å². The van der Waals surface area contributed by atoms with Gasteiger partial charge >= 0.3 is 0 Å². The lowest BCUT2D eigenvalue weighted by Gasteiger charge is -2.36. The molecular weight excluding hydrogens is 272 g/mol. The number of nitro groups is 1. The lowest BCUT2D eigenvalue weighted by molar-refractivity contribution is -0.384. The molecule has 0 bridgehead atoms. The average molecular weight is 288 g/mol. The fourth-order valence-corrected chi connectivity index (χ4v) is 2.44. The maximum Gasteiger partial charge on any atom is 0.269 e. The van der Waals surface area contributed by atoms with Crippen LogP contribution in [-0.2, 0) is 4.79 Å². The van der Waals surface area contributed by atoms with Gasteiger partial charge in [-0.05, 0) is 17.7 Å². The summed E-state index contributed by atoms with van der Waals surface area (Å²) in [4.78, 5) is 25.2. The Balaban J connectivity index is 2.08. The first-order chi connectivity index (χ1) is 10.0. The maximum atomic E-state index is 11.3. The van der Waals surface area contributed by atoms with Crippen molar-refractivity contribution < 1.29 is 9.72 Å². The summed E-state index contributed by atoms with van der Waals surface area (Å²) in [7, 11) is 0. The Morgan fingerprint density at radius 1 is 1.29 bits per heavy atom. The van der Waals surface area contributed by atoms with Gasteiger partial charge in [-0.25, -0.2) is 0 Å². The molecule has 1 aliphatic rings. The summed E-state index contributed by atoms with van der Waals surface area (Å²) >= 11 is 0. The number of nitro benzene ring substituents is 1. The van der Waals surface area contributed by atoms with E-state index in [4.69, 9.17) is 0 Å². The Kier molecular flexibility index (Phi) is 4.50. The number of amides is 1. The molecule has 1 heterocycles. The van der Waals surface area contributed by atoms with Crippen LogP contribution >= 0.6 is 0 Å². The van der Waals surface area contributed by atoms with Crippen molar-refractivity contribution in [1.82, 2.24) is 9.80 Å². The van der Waals surface area contributed by atoms with E-state index in [1.54, 1.807) is 17.0 Å². The number of carbonyl (C=O) groups excluding carboxylic acids is 1. The van der Waals surface area contributed by atoms with Gasteiger partial charge in [-0.1, -0.05) is 0 Å². The van der Waals surface area contributed by atoms with E-state index in [0.29, 0.717) is 26.2 Å². The number of hydrogen-bond donors (Lipinski definition) is 0. The molecular formula is C14H16N4O3. The first-order valence-electron chi connectivity index (χ1n) is 6.66. The van der Waals surface area contributed by atoms with Gasteiger partial charge in [0.2, 0.25) is 5.91 Å². The van der Waals surface area contributed by atoms with Gasteiger partial charge in [-0.3, -0.25) is 19.8 Å². The molecule has 0 aromatic heterocycles. The van der Waals surface area contributed by atoms with E-state index < -0.39 is 11.0 Å². The molecule has 1 unspecified atom stereocenters. The van der Waals surface area contributed by atoms with Crippen LogP contribution in [0.1, 0.15) is 18.5 Å². The Labute approximate surface area is 122 Å². The van der Waals surface area contributed by atoms with Gasteiger partial charge in [-0.2, -0.15) is 5.26 Å². The van der Waals surface area contributed by atoms with E-state index in [1.807, 2.05) is 4.90 Å². The van der Waals surface area contributed by atoms with Gasteiger partial charge in [0.25, 0.3) is 5.69 Å². The first kappa shape index (κ1) is 14.9. The van der Waals surface area contributed by atoms with Gasteiger partial charge in [0.1, 0.15) is 6.04 Å². The third-order valence-electron chi connectivity index (χ3n) is 3.67. The van der Waals surface area contributed by atoms with E-state index >= 15 is 0 Å². The van der Waals surface area contributed by atoms with E-state index in [-0.39, 0.29) is 11.6 Å². The first-order valence-corrected chi connectivity index (χ1v) is 6.66. The second kappa shape index (κ2) is 6.33. The van der Waals surface area contributed by atoms with Crippen molar-refractivity contribution >= 4 is 11.6 Å². The summed E-state index contributed by atoms with van der Waals surface area (Å²) in [5, 5.41) is 20.0. The van der Waals surface area contributed by atoms with Crippen LogP contribution < -0.4 is 0 Å². The van der Waals surface area contributed by atoms with Crippen LogP contribution in [0.25, 0.3) is 0 Å². The number of nitriles is 1. The quantitative estimate of drug-likeness (QED) is 0.618. The van der Waals surface area contributed by atoms with Crippen molar-refractivity contribution in [3.63, 3.8) is 0 Å². The zero-order valence-electron chi connectivity index (χ0n) is 11.7. The molecule has 7 heteroatoms. The lowest BCUT2D eigenvalue weighted by atomic mass is 10.1. The smallest absolute Gasteiger partial charge is 0.269 e. The highest BCUT2D eigenvalue weighted by Crippen LogP contribution is 2.23. The Morgan fingerprint density at radius 2 is 1.86 bits per heavy atom. The predicted molar refractivity (Wildman–Crippen MR) is 75.3 cm³/mol. The lowest BCUT2D eigenvalue weighted by Crippen LogP contribution is -2.48. The molecule has 0 aliphatic carbocycles. The molecule has 0 spiro atoms. The van der Waals surface area contributed by atoms with Crippen molar-refractivity contribution in [2.45, 2.75) is 13.0 Å². The van der Waals surface area contributed by atoms with Crippen molar-refractivity contribution in [2.24, 2.45) is 0 Å². The Morgan fingerprint density at radius 3 is 2.29 bits per heavy atom. The molecule has 1 saturated heterocycles. The van der Waals surface area contributed by atoms with Crippen molar-refractivity contribution in [3.05, 3.63) is 39.9 Å². The topological polar surface area (TPSA) is 90.5 Å². The predicted octanol–water partition coefficient (Wildman–Crippen LogP) is 1.32. The Bertz CT molecular complexity index is 571. The van der Waals surface area contributed by atoms with E-state index in [2.05, 4.69) is 6.07 Å². The molecule has 1 aliphatic heterocycles. The summed E-state index contributed by atoms with van der Waals surface area (Å²) < 4.78 is 0. The maximum absolute atomic E-state index is 11.3. The number of non-ortho nitro benzene ring substituents is 1. The number of benzene rings is 1. The fraction of sp³-hybridized carbons (Fsp3) is 0.429. The number of piperazine rings is 1. The molecule has 7 nitrogen and oxygen atoms in total. The molecule has 1 amide bonds. The zero-order chi connectivity index (χ0) is 15.4. The average Bonchev–Trinajstić information content (AvgIpc) is 2.49. The number of hydrogen-bond acceptors (Lipinski definition) is 5. The van der Waals surface area contributed by atoms with Gasteiger partial charge in [-0.15, -0.1) is 0 Å². The van der Waals surface area contributed by atoms with Crippen molar-refractivity contribution in [2.75, 3.05) is 26.2 Å². The highest BCUT2D eigenvalue weighted by atomic mass is 16.6. The zero-order valence-corrected chi connectivity index (χ0v) is 11.7. The Hall–Kier alpha value is -2.46. The molecule has 1 aromatic rings. The van der Waals surface area contributed by atoms with Gasteiger partial charge in [0.05, 0.1) is 11.0 Å². The second-order valence-electron chi connectivity index (χ2n) is 4.92. The van der Waals surface area contributed by atoms with Crippen LogP contribution in [-0.4, -0.2) is 46.8 Å². The summed E-state index contributed by atoms with van der Waals surface area (Å²) in [6.07, 6.45) is 0. The normalized spacial score (nSPS) is 17.0. The van der Waals surface area contributed by atoms with Crippen LogP contribution in [0.2, 0.25) is 0 Å². The largest absolute Gasteiger partial charge is 0.340 e. The molecule has 0 N–H and O–H groups in total. The highest BCUT2D eigenvalue weighted by Gasteiger charge is 2.26. The summed E-state index contributed by atoms with van der Waals surface area (Å²) in [5.41, 5.74) is 0.746. The third kappa shape index (κ3) is 3.35. The summed E-state index contributed by atoms with van der Waals surface area (Å²) in [6, 6.07) is 7.83. The monoisotopic (exact) mass is 288 g/mol. The van der Waals surface area contributed by atoms with Gasteiger partial charge < -0.3 is 4.90 Å². The van der Waals surface area contributed by atoms with E-state index in [9.17, 15) is 20.2 Å². The molecule has 1 atom stereocenters. The molecule has 0 saturated carbocycles. The standard InChI is InChI=1S/C14H16N4O3/c1-11(19)16-6-8-17(9-7-16)14(10-15)12-2-4-13(5-3-12)18(20)21/h2-5,14H,6-9H2,1H3. The summed E-state index contributed by atoms with van der Waals surface area (Å²) in [5.74, 6) is 0.0403. The van der Waals surface area contributed by atoms with Crippen LogP contribution in [0, 0.1) is 21.4 Å². The number of rotatable bonds is 3. The van der Waals surface area contributed by atoms with Crippen LogP contribution in [0.5, 0.6) is 0 Å². The third-order valence-corrected chi connectivity index (χ3v) is 3.67. The summed E-state index contributed by atoms with van der Waals surface area (Å²) in [6.45, 7) is 3.97. The van der Waals surface area contributed by atoms with Crippen molar-refractivity contribution in [1.29, 1.82) is 5.26 Å². The van der Waals surface area contributed by atoms with Crippen LogP contribution in [0.4, 0.5) is 5.69 Å². The molecule has 21 heavy (non-hydrogen) atoms. The van der Waals surface area contributed by atoms with Crippen LogP contribution in [0.15, 0.2) is 24.3 Å². The van der Waals surface area contributed by atoms with Gasteiger partial charge in [0, 0.05) is 45.2 Å². The van der Waals surface area contributed by atoms with E-state index in [1.165, 1.54) is 19.1 Å². The molecule has 2 rings (SSSR count). The fourth-order valence-electron chi connectivity index (χ4n) is 2.44. The number of carbonyl (C=O) groups is 1. The molecule has 110 valence electrons.